The fraction of sp³-hybridized carbons (Fsp3) is 0.536. The first kappa shape index (κ1) is 25.9. The van der Waals surface area contributed by atoms with Crippen LogP contribution in [0.25, 0.3) is 11.2 Å². The summed E-state index contributed by atoms with van der Waals surface area (Å²) in [7, 11) is 0. The molecule has 9 heteroatoms. The zero-order valence-corrected chi connectivity index (χ0v) is 22.6. The molecule has 2 aromatic heterocycles. The molecule has 0 spiro atoms. The van der Waals surface area contributed by atoms with Gasteiger partial charge in [-0.05, 0) is 68.9 Å². The maximum absolute atomic E-state index is 12.6. The summed E-state index contributed by atoms with van der Waals surface area (Å²) >= 11 is 6.21. The van der Waals surface area contributed by atoms with E-state index in [4.69, 9.17) is 21.3 Å². The topological polar surface area (TPSA) is 84.3 Å². The Balaban J connectivity index is 1.09. The van der Waals surface area contributed by atoms with Crippen molar-refractivity contribution in [2.24, 2.45) is 5.92 Å². The number of benzene rings is 1. The molecule has 5 rings (SSSR count). The number of nitrogens with one attached hydrogen (secondary N) is 2. The first-order valence-electron chi connectivity index (χ1n) is 13.4. The Kier molecular flexibility index (Phi) is 8.27. The minimum atomic E-state index is 0.129. The molecule has 0 unspecified atom stereocenters. The number of amides is 1. The second kappa shape index (κ2) is 11.8. The third-order valence-electron chi connectivity index (χ3n) is 7.65. The summed E-state index contributed by atoms with van der Waals surface area (Å²) in [5, 5.41) is 7.31. The minimum absolute atomic E-state index is 0.129. The lowest BCUT2D eigenvalue weighted by Crippen LogP contribution is -2.43. The molecule has 2 aliphatic rings. The lowest BCUT2D eigenvalue weighted by Gasteiger charge is -2.30. The molecule has 1 saturated carbocycles. The predicted molar refractivity (Wildman–Crippen MR) is 147 cm³/mol. The molecule has 2 N–H and O–H groups in total. The van der Waals surface area contributed by atoms with Crippen LogP contribution in [0, 0.1) is 19.8 Å². The van der Waals surface area contributed by atoms with Crippen LogP contribution < -0.4 is 10.6 Å². The van der Waals surface area contributed by atoms with Crippen LogP contribution in [0.4, 0.5) is 5.69 Å². The van der Waals surface area contributed by atoms with Crippen molar-refractivity contribution in [1.29, 1.82) is 0 Å². The quantitative estimate of drug-likeness (QED) is 0.430. The summed E-state index contributed by atoms with van der Waals surface area (Å²) in [4.78, 5) is 24.2. The molecule has 1 aromatic carbocycles. The molecule has 1 amide bonds. The van der Waals surface area contributed by atoms with E-state index in [0.29, 0.717) is 17.7 Å². The number of aromatic nitrogens is 3. The van der Waals surface area contributed by atoms with E-state index >= 15 is 0 Å². The van der Waals surface area contributed by atoms with Crippen LogP contribution in [0.5, 0.6) is 0 Å². The van der Waals surface area contributed by atoms with Crippen molar-refractivity contribution in [2.75, 3.05) is 44.7 Å². The summed E-state index contributed by atoms with van der Waals surface area (Å²) in [6.07, 6.45) is 3.88. The second-order valence-electron chi connectivity index (χ2n) is 10.3. The number of hydrogen-bond donors (Lipinski definition) is 2. The van der Waals surface area contributed by atoms with E-state index in [1.54, 1.807) is 0 Å². The average molecular weight is 525 g/mol. The van der Waals surface area contributed by atoms with Crippen LogP contribution in [-0.2, 0) is 16.1 Å². The number of ether oxygens (including phenoxy) is 1. The number of aryl methyl sites for hydroxylation is 2. The highest BCUT2D eigenvalue weighted by molar-refractivity contribution is 6.29. The van der Waals surface area contributed by atoms with Crippen LogP contribution in [0.1, 0.15) is 42.6 Å². The number of pyridine rings is 1. The third-order valence-corrected chi connectivity index (χ3v) is 7.84. The Hall–Kier alpha value is -2.68. The van der Waals surface area contributed by atoms with E-state index in [1.165, 1.54) is 5.56 Å². The number of nitrogens with zero attached hydrogens (tertiary/aromatic N) is 4. The Morgan fingerprint density at radius 2 is 1.81 bits per heavy atom. The highest BCUT2D eigenvalue weighted by Gasteiger charge is 2.26. The van der Waals surface area contributed by atoms with Crippen LogP contribution in [0.3, 0.4) is 0 Å². The standard InChI is InChI=1S/C28H37ClN6O2/c1-19-17-25(29)33-27-26(19)31-20(2)35(27)18-21-3-7-23(8-4-21)32-24-9-5-22(6-10-24)28(36)30-11-12-34-13-15-37-16-14-34/h3-4,7-8,17,22,24,32H,5-6,9-16,18H2,1-2H3,(H,30,36)/t22-,24-. The van der Waals surface area contributed by atoms with Crippen molar-refractivity contribution < 1.29 is 9.53 Å². The monoisotopic (exact) mass is 524 g/mol. The Morgan fingerprint density at radius 3 is 2.54 bits per heavy atom. The van der Waals surface area contributed by atoms with Gasteiger partial charge >= 0.3 is 0 Å². The van der Waals surface area contributed by atoms with Gasteiger partial charge in [-0.3, -0.25) is 9.69 Å². The van der Waals surface area contributed by atoms with Crippen LogP contribution in [-0.4, -0.2) is 70.8 Å². The SMILES string of the molecule is Cc1cc(Cl)nc2c1nc(C)n2Cc1ccc(N[C@H]2CC[C@H](C(=O)NCCN3CCOCC3)CC2)cc1. The molecule has 1 saturated heterocycles. The lowest BCUT2D eigenvalue weighted by atomic mass is 9.85. The van der Waals surface area contributed by atoms with E-state index in [-0.39, 0.29) is 11.8 Å². The number of carbonyl (C=O) groups excluding carboxylic acids is 1. The van der Waals surface area contributed by atoms with Gasteiger partial charge in [0.25, 0.3) is 0 Å². The molecule has 0 atom stereocenters. The van der Waals surface area contributed by atoms with Crippen molar-refractivity contribution in [2.45, 2.75) is 52.1 Å². The highest BCUT2D eigenvalue weighted by Crippen LogP contribution is 2.27. The lowest BCUT2D eigenvalue weighted by molar-refractivity contribution is -0.126. The zero-order valence-electron chi connectivity index (χ0n) is 21.8. The molecule has 1 aliphatic carbocycles. The Morgan fingerprint density at radius 1 is 1.08 bits per heavy atom. The van der Waals surface area contributed by atoms with Crippen molar-refractivity contribution in [3.8, 4) is 0 Å². The van der Waals surface area contributed by atoms with Gasteiger partial charge in [-0.2, -0.15) is 0 Å². The number of morpholine rings is 1. The second-order valence-corrected chi connectivity index (χ2v) is 10.7. The Bertz CT molecular complexity index is 1210. The summed E-state index contributed by atoms with van der Waals surface area (Å²) < 4.78 is 7.50. The van der Waals surface area contributed by atoms with Crippen molar-refractivity contribution >= 4 is 34.4 Å². The number of imidazole rings is 1. The largest absolute Gasteiger partial charge is 0.382 e. The van der Waals surface area contributed by atoms with E-state index in [9.17, 15) is 4.79 Å². The van der Waals surface area contributed by atoms with E-state index < -0.39 is 0 Å². The van der Waals surface area contributed by atoms with Crippen molar-refractivity contribution in [3.63, 3.8) is 0 Å². The molecule has 0 bridgehead atoms. The van der Waals surface area contributed by atoms with E-state index in [1.807, 2.05) is 19.9 Å². The maximum Gasteiger partial charge on any atom is 0.223 e. The molecule has 37 heavy (non-hydrogen) atoms. The molecular weight excluding hydrogens is 488 g/mol. The van der Waals surface area contributed by atoms with Gasteiger partial charge in [-0.25, -0.2) is 9.97 Å². The average Bonchev–Trinajstić information content (AvgIpc) is 3.21. The van der Waals surface area contributed by atoms with Gasteiger partial charge in [0.05, 0.1) is 19.8 Å². The summed E-state index contributed by atoms with van der Waals surface area (Å²) in [6.45, 7) is 9.85. The third kappa shape index (κ3) is 6.43. The number of anilines is 1. The molecule has 1 aliphatic heterocycles. The molecule has 0 radical (unpaired) electrons. The van der Waals surface area contributed by atoms with Gasteiger partial charge < -0.3 is 19.9 Å². The van der Waals surface area contributed by atoms with Crippen LogP contribution in [0.15, 0.2) is 30.3 Å². The normalized spacial score (nSPS) is 20.7. The fourth-order valence-electron chi connectivity index (χ4n) is 5.43. The molecule has 3 aromatic rings. The fourth-order valence-corrected chi connectivity index (χ4v) is 5.68. The number of rotatable bonds is 8. The zero-order chi connectivity index (χ0) is 25.8. The van der Waals surface area contributed by atoms with Crippen molar-refractivity contribution in [1.82, 2.24) is 24.8 Å². The molecule has 8 nitrogen and oxygen atoms in total. The smallest absolute Gasteiger partial charge is 0.223 e. The minimum Gasteiger partial charge on any atom is -0.382 e. The molecule has 198 valence electrons. The number of carbonyl (C=O) groups is 1. The van der Waals surface area contributed by atoms with Gasteiger partial charge in [-0.15, -0.1) is 0 Å². The molecule has 2 fully saturated rings. The van der Waals surface area contributed by atoms with Crippen LogP contribution in [0.2, 0.25) is 5.15 Å². The number of fused-ring (bicyclic) bond motifs is 1. The van der Waals surface area contributed by atoms with Gasteiger partial charge in [0, 0.05) is 43.8 Å². The maximum atomic E-state index is 12.6. The number of halogens is 1. The first-order valence-corrected chi connectivity index (χ1v) is 13.8. The van der Waals surface area contributed by atoms with Crippen LogP contribution >= 0.6 is 11.6 Å². The van der Waals surface area contributed by atoms with E-state index in [0.717, 1.165) is 93.3 Å². The summed E-state index contributed by atoms with van der Waals surface area (Å²) in [5.41, 5.74) is 5.07. The highest BCUT2D eigenvalue weighted by atomic mass is 35.5. The first-order chi connectivity index (χ1) is 18.0. The Labute approximate surface area is 223 Å². The molecule has 3 heterocycles. The predicted octanol–water partition coefficient (Wildman–Crippen LogP) is 4.17. The summed E-state index contributed by atoms with van der Waals surface area (Å²) in [5.74, 6) is 1.27. The summed E-state index contributed by atoms with van der Waals surface area (Å²) in [6, 6.07) is 10.8. The van der Waals surface area contributed by atoms with Gasteiger partial charge in [0.1, 0.15) is 16.5 Å². The van der Waals surface area contributed by atoms with Gasteiger partial charge in [0.15, 0.2) is 5.65 Å². The van der Waals surface area contributed by atoms with Gasteiger partial charge in [-0.1, -0.05) is 23.7 Å². The van der Waals surface area contributed by atoms with E-state index in [2.05, 4.69) is 49.4 Å². The van der Waals surface area contributed by atoms with Crippen molar-refractivity contribution in [3.05, 3.63) is 52.4 Å². The number of hydrogen-bond acceptors (Lipinski definition) is 6. The van der Waals surface area contributed by atoms with Gasteiger partial charge in [0.2, 0.25) is 5.91 Å². The molecular formula is C28H37ClN6O2.